The van der Waals surface area contributed by atoms with Gasteiger partial charge in [0.25, 0.3) is 0 Å². The van der Waals surface area contributed by atoms with Gasteiger partial charge in [0.1, 0.15) is 17.8 Å². The van der Waals surface area contributed by atoms with Crippen LogP contribution in [-0.4, -0.2) is 48.8 Å². The summed E-state index contributed by atoms with van der Waals surface area (Å²) in [5.74, 6) is 0. The van der Waals surface area contributed by atoms with Gasteiger partial charge in [-0.3, -0.25) is 0 Å². The van der Waals surface area contributed by atoms with Crippen LogP contribution < -0.4 is 0 Å². The van der Waals surface area contributed by atoms with Crippen molar-refractivity contribution in [2.45, 2.75) is 116 Å². The topological polar surface area (TPSA) is 155 Å². The predicted molar refractivity (Wildman–Crippen MR) is 124 cm³/mol. The van der Waals surface area contributed by atoms with Crippen molar-refractivity contribution in [2.75, 3.05) is 6.61 Å². The zero-order valence-electron chi connectivity index (χ0n) is 21.2. The second-order valence-electron chi connectivity index (χ2n) is 9.28. The summed E-state index contributed by atoms with van der Waals surface area (Å²) in [5.41, 5.74) is -0.647. The van der Waals surface area contributed by atoms with Gasteiger partial charge in [0, 0.05) is 0 Å². The van der Waals surface area contributed by atoms with Crippen molar-refractivity contribution >= 4 is 24.4 Å². The van der Waals surface area contributed by atoms with E-state index in [0.717, 1.165) is 70.6 Å². The predicted octanol–water partition coefficient (Wildman–Crippen LogP) is 7.30. The molecule has 0 aromatic rings. The minimum Gasteiger partial charge on any atom is -0.447 e. The molecule has 0 N–H and O–H groups in total. The Labute approximate surface area is 206 Å². The van der Waals surface area contributed by atoms with Crippen LogP contribution in [0.15, 0.2) is 20.5 Å². The molecule has 0 unspecified atom stereocenters. The SMILES string of the molecule is CC(C)(C)OC(=O)N=NC(=O)OC1CCCC1.CCCCCOC(=O)N=NC(=O)OC1CCCC1. The van der Waals surface area contributed by atoms with Gasteiger partial charge in [-0.2, -0.15) is 0 Å². The normalized spacial score (nSPS) is 16.7. The molecule has 12 heteroatoms. The molecule has 2 fully saturated rings. The van der Waals surface area contributed by atoms with Gasteiger partial charge in [0.15, 0.2) is 0 Å². The zero-order valence-corrected chi connectivity index (χ0v) is 21.2. The first kappa shape index (κ1) is 30.1. The van der Waals surface area contributed by atoms with E-state index in [0.29, 0.717) is 6.61 Å². The standard InChI is InChI=1S/C12H20N2O4.C11H18N2O4/c1-2-3-6-9-17-11(15)13-14-12(16)18-10-7-4-5-8-10;1-11(2,3)17-10(15)13-12-9(14)16-8-6-4-5-7-8/h10H,2-9H2,1H3;8H,4-7H2,1-3H3. The summed E-state index contributed by atoms with van der Waals surface area (Å²) < 4.78 is 19.6. The molecular formula is C23H38N4O8. The Morgan fingerprint density at radius 3 is 1.54 bits per heavy atom. The smallest absolute Gasteiger partial charge is 0.447 e. The first-order valence-corrected chi connectivity index (χ1v) is 12.2. The third kappa shape index (κ3) is 16.4. The molecule has 4 amide bonds. The Bertz CT molecular complexity index is 736. The van der Waals surface area contributed by atoms with Gasteiger partial charge in [-0.25, -0.2) is 19.2 Å². The van der Waals surface area contributed by atoms with Crippen LogP contribution >= 0.6 is 0 Å². The summed E-state index contributed by atoms with van der Waals surface area (Å²) in [7, 11) is 0. The fourth-order valence-corrected chi connectivity index (χ4v) is 3.33. The zero-order chi connectivity index (χ0) is 26.1. The minimum absolute atomic E-state index is 0.0722. The van der Waals surface area contributed by atoms with Crippen LogP contribution in [0.3, 0.4) is 0 Å². The first-order chi connectivity index (χ1) is 16.6. The third-order valence-electron chi connectivity index (χ3n) is 4.93. The molecule has 0 aromatic heterocycles. The molecule has 12 nitrogen and oxygen atoms in total. The highest BCUT2D eigenvalue weighted by molar-refractivity contribution is 5.74. The van der Waals surface area contributed by atoms with Crippen molar-refractivity contribution in [1.29, 1.82) is 0 Å². The largest absolute Gasteiger partial charge is 0.453 e. The molecule has 2 saturated carbocycles. The Balaban J connectivity index is 0.000000351. The summed E-state index contributed by atoms with van der Waals surface area (Å²) in [5, 5.41) is 12.6. The minimum atomic E-state index is -0.888. The van der Waals surface area contributed by atoms with Crippen LogP contribution in [-0.2, 0) is 18.9 Å². The van der Waals surface area contributed by atoms with Gasteiger partial charge in [-0.1, -0.05) is 40.2 Å². The number of azo groups is 2. The number of carbonyl (C=O) groups is 4. The molecule has 0 radical (unpaired) electrons. The van der Waals surface area contributed by atoms with E-state index in [2.05, 4.69) is 27.4 Å². The number of hydrogen-bond donors (Lipinski definition) is 0. The van der Waals surface area contributed by atoms with Gasteiger partial charge >= 0.3 is 24.4 Å². The van der Waals surface area contributed by atoms with Crippen molar-refractivity contribution in [1.82, 2.24) is 0 Å². The molecule has 0 saturated heterocycles. The Morgan fingerprint density at radius 1 is 0.686 bits per heavy atom. The number of rotatable bonds is 6. The van der Waals surface area contributed by atoms with Gasteiger partial charge < -0.3 is 18.9 Å². The number of hydrogen-bond acceptors (Lipinski definition) is 8. The summed E-state index contributed by atoms with van der Waals surface area (Å²) in [6, 6.07) is 0. The highest BCUT2D eigenvalue weighted by atomic mass is 16.6. The van der Waals surface area contributed by atoms with Crippen LogP contribution in [0.4, 0.5) is 19.2 Å². The Morgan fingerprint density at radius 2 is 1.11 bits per heavy atom. The maximum atomic E-state index is 11.2. The second-order valence-corrected chi connectivity index (χ2v) is 9.28. The fraction of sp³-hybridized carbons (Fsp3) is 0.826. The van der Waals surface area contributed by atoms with Gasteiger partial charge in [-0.05, 0) is 78.6 Å². The van der Waals surface area contributed by atoms with E-state index in [1.807, 2.05) is 0 Å². The van der Waals surface area contributed by atoms with Crippen molar-refractivity contribution < 1.29 is 38.1 Å². The summed E-state index contributed by atoms with van der Waals surface area (Å²) >= 11 is 0. The lowest BCUT2D eigenvalue weighted by Crippen LogP contribution is -2.21. The van der Waals surface area contributed by atoms with E-state index in [-0.39, 0.29) is 12.2 Å². The Hall–Kier alpha value is -2.92. The molecule has 0 aliphatic heterocycles. The van der Waals surface area contributed by atoms with E-state index in [1.54, 1.807) is 20.8 Å². The van der Waals surface area contributed by atoms with Crippen molar-refractivity contribution in [3.05, 3.63) is 0 Å². The summed E-state index contributed by atoms with van der Waals surface area (Å²) in [4.78, 5) is 44.5. The molecule has 0 atom stereocenters. The average Bonchev–Trinajstić information content (AvgIpc) is 3.48. The number of unbranched alkanes of at least 4 members (excludes halogenated alkanes) is 2. The molecule has 198 valence electrons. The van der Waals surface area contributed by atoms with Gasteiger partial charge in [0.05, 0.1) is 6.61 Å². The number of carbonyl (C=O) groups excluding carboxylic acids is 4. The summed E-state index contributed by atoms with van der Waals surface area (Å²) in [6.07, 6.45) is 6.99. The highest BCUT2D eigenvalue weighted by Gasteiger charge is 2.20. The van der Waals surface area contributed by atoms with Crippen LogP contribution in [0.25, 0.3) is 0 Å². The molecular weight excluding hydrogens is 460 g/mol. The van der Waals surface area contributed by atoms with E-state index in [4.69, 9.17) is 18.9 Å². The average molecular weight is 499 g/mol. The van der Waals surface area contributed by atoms with Crippen molar-refractivity contribution in [2.24, 2.45) is 20.5 Å². The van der Waals surface area contributed by atoms with Crippen molar-refractivity contribution in [3.63, 3.8) is 0 Å². The highest BCUT2D eigenvalue weighted by Crippen LogP contribution is 2.22. The third-order valence-corrected chi connectivity index (χ3v) is 4.93. The monoisotopic (exact) mass is 498 g/mol. The van der Waals surface area contributed by atoms with E-state index < -0.39 is 30.0 Å². The number of nitrogens with zero attached hydrogens (tertiary/aromatic N) is 4. The van der Waals surface area contributed by atoms with Gasteiger partial charge in [-0.15, -0.1) is 0 Å². The molecule has 0 spiro atoms. The number of amides is 4. The lowest BCUT2D eigenvalue weighted by molar-refractivity contribution is 0.0580. The van der Waals surface area contributed by atoms with Crippen LogP contribution in [0.5, 0.6) is 0 Å². The lowest BCUT2D eigenvalue weighted by atomic mass is 10.2. The molecule has 0 bridgehead atoms. The Kier molecular flexibility index (Phi) is 14.3. The van der Waals surface area contributed by atoms with Crippen molar-refractivity contribution in [3.8, 4) is 0 Å². The quantitative estimate of drug-likeness (QED) is 0.210. The van der Waals surface area contributed by atoms with Crippen LogP contribution in [0, 0.1) is 0 Å². The molecule has 2 aliphatic carbocycles. The molecule has 0 aromatic carbocycles. The molecule has 0 heterocycles. The van der Waals surface area contributed by atoms with E-state index in [1.165, 1.54) is 0 Å². The second kappa shape index (κ2) is 16.7. The maximum Gasteiger partial charge on any atom is 0.453 e. The molecule has 2 aliphatic rings. The summed E-state index contributed by atoms with van der Waals surface area (Å²) in [6.45, 7) is 7.48. The van der Waals surface area contributed by atoms with E-state index >= 15 is 0 Å². The fourth-order valence-electron chi connectivity index (χ4n) is 3.33. The molecule has 2 rings (SSSR count). The lowest BCUT2D eigenvalue weighted by Gasteiger charge is -2.16. The van der Waals surface area contributed by atoms with Crippen LogP contribution in [0.2, 0.25) is 0 Å². The van der Waals surface area contributed by atoms with Gasteiger partial charge in [0.2, 0.25) is 0 Å². The maximum absolute atomic E-state index is 11.2. The van der Waals surface area contributed by atoms with E-state index in [9.17, 15) is 19.2 Å². The number of ether oxygens (including phenoxy) is 4. The van der Waals surface area contributed by atoms with Crippen LogP contribution in [0.1, 0.15) is 98.3 Å². The molecule has 35 heavy (non-hydrogen) atoms. The first-order valence-electron chi connectivity index (χ1n) is 12.2.